The molecule has 4 rings (SSSR count). The van der Waals surface area contributed by atoms with Crippen molar-refractivity contribution in [2.24, 2.45) is 5.41 Å². The van der Waals surface area contributed by atoms with Crippen molar-refractivity contribution in [1.29, 1.82) is 0 Å². The quantitative estimate of drug-likeness (QED) is 0.891. The maximum absolute atomic E-state index is 12.4. The van der Waals surface area contributed by atoms with E-state index in [0.717, 1.165) is 25.8 Å². The molecule has 24 heavy (non-hydrogen) atoms. The lowest BCUT2D eigenvalue weighted by Crippen LogP contribution is -2.48. The van der Waals surface area contributed by atoms with Crippen LogP contribution in [0.5, 0.6) is 17.2 Å². The molecule has 0 radical (unpaired) electrons. The van der Waals surface area contributed by atoms with E-state index >= 15 is 0 Å². The summed E-state index contributed by atoms with van der Waals surface area (Å²) >= 11 is 0. The standard InChI is InChI=1S/C17H20N2O5/c20-15(9-22-12-2-3-13-14(8-12)24-11-23-13)19-7-5-17(10-19)4-1-6-18-16(17)21/h2-3,8H,1,4-7,9-11H2,(H,18,21). The summed E-state index contributed by atoms with van der Waals surface area (Å²) in [5.41, 5.74) is -0.396. The van der Waals surface area contributed by atoms with Gasteiger partial charge in [0, 0.05) is 25.7 Å². The second-order valence-corrected chi connectivity index (χ2v) is 6.51. The molecule has 0 aromatic heterocycles. The van der Waals surface area contributed by atoms with E-state index in [0.29, 0.717) is 30.3 Å². The van der Waals surface area contributed by atoms with Gasteiger partial charge >= 0.3 is 0 Å². The van der Waals surface area contributed by atoms with Crippen LogP contribution in [0.25, 0.3) is 0 Å². The topological polar surface area (TPSA) is 77.1 Å². The van der Waals surface area contributed by atoms with Gasteiger partial charge in [-0.1, -0.05) is 0 Å². The Kier molecular flexibility index (Phi) is 3.70. The maximum atomic E-state index is 12.4. The van der Waals surface area contributed by atoms with Crippen molar-refractivity contribution in [3.63, 3.8) is 0 Å². The molecule has 1 aromatic carbocycles. The third-order valence-corrected chi connectivity index (χ3v) is 5.01. The number of likely N-dealkylation sites (tertiary alicyclic amines) is 1. The fourth-order valence-corrected chi connectivity index (χ4v) is 3.61. The fourth-order valence-electron chi connectivity index (χ4n) is 3.61. The number of nitrogens with zero attached hydrogens (tertiary/aromatic N) is 1. The first kappa shape index (κ1) is 15.1. The van der Waals surface area contributed by atoms with Gasteiger partial charge in [0.2, 0.25) is 12.7 Å². The van der Waals surface area contributed by atoms with Crippen LogP contribution in [0.1, 0.15) is 19.3 Å². The minimum Gasteiger partial charge on any atom is -0.484 e. The number of fused-ring (bicyclic) bond motifs is 1. The van der Waals surface area contributed by atoms with E-state index in [4.69, 9.17) is 14.2 Å². The van der Waals surface area contributed by atoms with E-state index in [9.17, 15) is 9.59 Å². The molecule has 2 amide bonds. The minimum absolute atomic E-state index is 0.0443. The summed E-state index contributed by atoms with van der Waals surface area (Å²) in [6, 6.07) is 5.23. The number of rotatable bonds is 3. The number of hydrogen-bond donors (Lipinski definition) is 1. The highest BCUT2D eigenvalue weighted by Crippen LogP contribution is 2.38. The van der Waals surface area contributed by atoms with Gasteiger partial charge in [0.25, 0.3) is 5.91 Å². The maximum Gasteiger partial charge on any atom is 0.260 e. The summed E-state index contributed by atoms with van der Waals surface area (Å²) in [6.07, 6.45) is 2.56. The van der Waals surface area contributed by atoms with Crippen LogP contribution in [-0.2, 0) is 9.59 Å². The Morgan fingerprint density at radius 3 is 3.04 bits per heavy atom. The average molecular weight is 332 g/mol. The van der Waals surface area contributed by atoms with Crippen molar-refractivity contribution >= 4 is 11.8 Å². The van der Waals surface area contributed by atoms with Crippen LogP contribution in [0.3, 0.4) is 0 Å². The number of ether oxygens (including phenoxy) is 3. The van der Waals surface area contributed by atoms with Gasteiger partial charge in [0.05, 0.1) is 5.41 Å². The summed E-state index contributed by atoms with van der Waals surface area (Å²) in [6.45, 7) is 1.99. The molecule has 2 saturated heterocycles. The van der Waals surface area contributed by atoms with Crippen LogP contribution in [0.2, 0.25) is 0 Å². The van der Waals surface area contributed by atoms with Crippen molar-refractivity contribution in [2.75, 3.05) is 33.0 Å². The molecule has 0 aliphatic carbocycles. The van der Waals surface area contributed by atoms with E-state index < -0.39 is 5.41 Å². The number of benzene rings is 1. The highest BCUT2D eigenvalue weighted by Gasteiger charge is 2.46. The monoisotopic (exact) mass is 332 g/mol. The molecule has 1 aromatic rings. The van der Waals surface area contributed by atoms with E-state index in [-0.39, 0.29) is 25.2 Å². The van der Waals surface area contributed by atoms with Gasteiger partial charge in [-0.15, -0.1) is 0 Å². The molecule has 7 nitrogen and oxygen atoms in total. The Balaban J connectivity index is 1.34. The van der Waals surface area contributed by atoms with Crippen LogP contribution in [0.15, 0.2) is 18.2 Å². The van der Waals surface area contributed by atoms with Gasteiger partial charge in [-0.2, -0.15) is 0 Å². The molecule has 0 saturated carbocycles. The minimum atomic E-state index is -0.396. The summed E-state index contributed by atoms with van der Waals surface area (Å²) in [7, 11) is 0. The highest BCUT2D eigenvalue weighted by atomic mass is 16.7. The fraction of sp³-hybridized carbons (Fsp3) is 0.529. The van der Waals surface area contributed by atoms with Crippen molar-refractivity contribution < 1.29 is 23.8 Å². The summed E-state index contributed by atoms with van der Waals surface area (Å²) in [5.74, 6) is 1.86. The molecule has 1 spiro atoms. The van der Waals surface area contributed by atoms with Crippen molar-refractivity contribution in [1.82, 2.24) is 10.2 Å². The average Bonchev–Trinajstić information content (AvgIpc) is 3.23. The summed E-state index contributed by atoms with van der Waals surface area (Å²) in [5, 5.41) is 2.92. The van der Waals surface area contributed by atoms with E-state index in [1.807, 2.05) is 0 Å². The SMILES string of the molecule is O=C(COc1ccc2c(c1)OCO2)N1CCC2(CCCNC2=O)C1. The third-order valence-electron chi connectivity index (χ3n) is 5.01. The van der Waals surface area contributed by atoms with Crippen LogP contribution < -0.4 is 19.5 Å². The Hall–Kier alpha value is -2.44. The van der Waals surface area contributed by atoms with Crippen LogP contribution in [0.4, 0.5) is 0 Å². The molecule has 128 valence electrons. The molecule has 3 aliphatic rings. The number of carbonyl (C=O) groups is 2. The zero-order chi connectivity index (χ0) is 16.6. The van der Waals surface area contributed by atoms with E-state index in [2.05, 4.69) is 5.32 Å². The van der Waals surface area contributed by atoms with Crippen LogP contribution in [-0.4, -0.2) is 49.7 Å². The first-order valence-electron chi connectivity index (χ1n) is 8.25. The third kappa shape index (κ3) is 2.64. The van der Waals surface area contributed by atoms with E-state index in [1.54, 1.807) is 23.1 Å². The van der Waals surface area contributed by atoms with Gasteiger partial charge in [0.1, 0.15) is 5.75 Å². The summed E-state index contributed by atoms with van der Waals surface area (Å²) in [4.78, 5) is 26.3. The molecular formula is C17H20N2O5. The first-order valence-corrected chi connectivity index (χ1v) is 8.25. The van der Waals surface area contributed by atoms with Crippen LogP contribution in [0, 0.1) is 5.41 Å². The number of hydrogen-bond acceptors (Lipinski definition) is 5. The lowest BCUT2D eigenvalue weighted by Gasteiger charge is -2.32. The van der Waals surface area contributed by atoms with Crippen molar-refractivity contribution in [3.8, 4) is 17.2 Å². The zero-order valence-corrected chi connectivity index (χ0v) is 13.4. The van der Waals surface area contributed by atoms with Gasteiger partial charge in [-0.3, -0.25) is 9.59 Å². The molecule has 2 fully saturated rings. The number of nitrogens with one attached hydrogen (secondary N) is 1. The lowest BCUT2D eigenvalue weighted by atomic mass is 9.79. The van der Waals surface area contributed by atoms with Gasteiger partial charge in [0.15, 0.2) is 18.1 Å². The molecule has 1 N–H and O–H groups in total. The second kappa shape index (κ2) is 5.89. The largest absolute Gasteiger partial charge is 0.484 e. The smallest absolute Gasteiger partial charge is 0.260 e. The summed E-state index contributed by atoms with van der Waals surface area (Å²) < 4.78 is 16.1. The Morgan fingerprint density at radius 2 is 2.17 bits per heavy atom. The number of amides is 2. The van der Waals surface area contributed by atoms with Gasteiger partial charge in [-0.05, 0) is 31.4 Å². The second-order valence-electron chi connectivity index (χ2n) is 6.51. The highest BCUT2D eigenvalue weighted by molar-refractivity contribution is 5.86. The molecule has 1 atom stereocenters. The molecular weight excluding hydrogens is 312 g/mol. The van der Waals surface area contributed by atoms with E-state index in [1.165, 1.54) is 0 Å². The normalized spacial score (nSPS) is 25.0. The van der Waals surface area contributed by atoms with Crippen molar-refractivity contribution in [3.05, 3.63) is 18.2 Å². The number of carbonyl (C=O) groups excluding carboxylic acids is 2. The van der Waals surface area contributed by atoms with Crippen molar-refractivity contribution in [2.45, 2.75) is 19.3 Å². The lowest BCUT2D eigenvalue weighted by molar-refractivity contribution is -0.135. The van der Waals surface area contributed by atoms with Crippen LogP contribution >= 0.6 is 0 Å². The molecule has 7 heteroatoms. The molecule has 0 bridgehead atoms. The van der Waals surface area contributed by atoms with Gasteiger partial charge in [-0.25, -0.2) is 0 Å². The molecule has 1 unspecified atom stereocenters. The van der Waals surface area contributed by atoms with Gasteiger partial charge < -0.3 is 24.4 Å². The molecule has 3 aliphatic heterocycles. The zero-order valence-electron chi connectivity index (χ0n) is 13.4. The Morgan fingerprint density at radius 1 is 1.29 bits per heavy atom. The molecule has 3 heterocycles. The Bertz CT molecular complexity index is 677. The number of piperidine rings is 1. The Labute approximate surface area is 139 Å². The predicted octanol–water partition coefficient (Wildman–Crippen LogP) is 0.923. The first-order chi connectivity index (χ1) is 11.7. The predicted molar refractivity (Wildman–Crippen MR) is 83.9 cm³/mol.